The van der Waals surface area contributed by atoms with Crippen LogP contribution in [0, 0.1) is 0 Å². The van der Waals surface area contributed by atoms with E-state index in [2.05, 4.69) is 6.92 Å². The Labute approximate surface area is 226 Å². The van der Waals surface area contributed by atoms with E-state index in [1.165, 1.54) is 51.0 Å². The summed E-state index contributed by atoms with van der Waals surface area (Å²) in [7, 11) is 1.59. The molecule has 0 radical (unpaired) electrons. The van der Waals surface area contributed by atoms with Crippen LogP contribution in [-0.2, 0) is 0 Å². The second kappa shape index (κ2) is 16.1. The second-order valence-corrected chi connectivity index (χ2v) is 9.23. The first-order valence-electron chi connectivity index (χ1n) is 13.5. The SMILES string of the molecule is CCCCCCCCCCOc1ccc(C(=O)Oc2ccc(/C=C/C(=O)c3ccc(OC)cc3)cc2)cc1. The van der Waals surface area contributed by atoms with Crippen molar-refractivity contribution >= 4 is 17.8 Å². The molecule has 3 aromatic rings. The molecule has 0 unspecified atom stereocenters. The molecule has 3 rings (SSSR count). The molecular formula is C33H38O5. The molecule has 0 atom stereocenters. The molecule has 38 heavy (non-hydrogen) atoms. The van der Waals surface area contributed by atoms with Crippen LogP contribution < -0.4 is 14.2 Å². The van der Waals surface area contributed by atoms with Gasteiger partial charge in [-0.15, -0.1) is 0 Å². The van der Waals surface area contributed by atoms with Gasteiger partial charge in [0.25, 0.3) is 0 Å². The fraction of sp³-hybridized carbons (Fsp3) is 0.333. The smallest absolute Gasteiger partial charge is 0.343 e. The van der Waals surface area contributed by atoms with Crippen molar-refractivity contribution < 1.29 is 23.8 Å². The Morgan fingerprint density at radius 2 is 1.21 bits per heavy atom. The number of methoxy groups -OCH3 is 1. The van der Waals surface area contributed by atoms with Gasteiger partial charge >= 0.3 is 5.97 Å². The summed E-state index contributed by atoms with van der Waals surface area (Å²) in [6.07, 6.45) is 13.3. The highest BCUT2D eigenvalue weighted by Gasteiger charge is 2.09. The maximum Gasteiger partial charge on any atom is 0.343 e. The summed E-state index contributed by atoms with van der Waals surface area (Å²) in [6, 6.07) is 21.0. The number of benzene rings is 3. The maximum atomic E-state index is 12.5. The third-order valence-corrected chi connectivity index (χ3v) is 6.25. The van der Waals surface area contributed by atoms with Gasteiger partial charge in [-0.3, -0.25) is 4.79 Å². The molecule has 0 aliphatic carbocycles. The molecule has 0 aliphatic heterocycles. The lowest BCUT2D eigenvalue weighted by molar-refractivity contribution is 0.0734. The molecule has 0 aromatic heterocycles. The normalized spacial score (nSPS) is 10.9. The quantitative estimate of drug-likeness (QED) is 0.0632. The predicted octanol–water partition coefficient (Wildman–Crippen LogP) is 8.33. The summed E-state index contributed by atoms with van der Waals surface area (Å²) in [4.78, 5) is 24.9. The van der Waals surface area contributed by atoms with Crippen molar-refractivity contribution in [3.8, 4) is 17.2 Å². The van der Waals surface area contributed by atoms with Crippen LogP contribution >= 0.6 is 0 Å². The first kappa shape index (κ1) is 28.7. The lowest BCUT2D eigenvalue weighted by Crippen LogP contribution is -2.08. The van der Waals surface area contributed by atoms with E-state index in [0.717, 1.165) is 17.7 Å². The average Bonchev–Trinajstić information content (AvgIpc) is 2.96. The zero-order valence-corrected chi connectivity index (χ0v) is 22.5. The zero-order chi connectivity index (χ0) is 27.0. The molecule has 0 spiro atoms. The largest absolute Gasteiger partial charge is 0.497 e. The van der Waals surface area contributed by atoms with Crippen molar-refractivity contribution in [2.24, 2.45) is 0 Å². The molecule has 0 bridgehead atoms. The molecule has 0 saturated heterocycles. The van der Waals surface area contributed by atoms with E-state index in [4.69, 9.17) is 14.2 Å². The molecule has 0 fully saturated rings. The third kappa shape index (κ3) is 9.89. The van der Waals surface area contributed by atoms with Crippen molar-refractivity contribution in [1.29, 1.82) is 0 Å². The van der Waals surface area contributed by atoms with Crippen LogP contribution in [-0.4, -0.2) is 25.5 Å². The van der Waals surface area contributed by atoms with Crippen LogP contribution in [0.4, 0.5) is 0 Å². The Balaban J connectivity index is 1.39. The molecule has 5 nitrogen and oxygen atoms in total. The molecule has 5 heteroatoms. The standard InChI is InChI=1S/C33H38O5/c1-3-4-5-6-7-8-9-10-25-37-30-22-16-28(17-23-30)33(35)38-31-18-11-26(12-19-31)13-24-32(34)27-14-20-29(36-2)21-15-27/h11-24H,3-10,25H2,1-2H3/b24-13+. The van der Waals surface area contributed by atoms with Gasteiger partial charge in [0, 0.05) is 5.56 Å². The van der Waals surface area contributed by atoms with Crippen LogP contribution in [0.1, 0.15) is 84.6 Å². The number of hydrogen-bond acceptors (Lipinski definition) is 5. The van der Waals surface area contributed by atoms with Crippen molar-refractivity contribution in [3.63, 3.8) is 0 Å². The number of carbonyl (C=O) groups is 2. The Bertz CT molecular complexity index is 1150. The summed E-state index contributed by atoms with van der Waals surface area (Å²) < 4.78 is 16.4. The number of ether oxygens (including phenoxy) is 3. The lowest BCUT2D eigenvalue weighted by atomic mass is 10.1. The molecule has 0 saturated carbocycles. The van der Waals surface area contributed by atoms with Gasteiger partial charge in [-0.2, -0.15) is 0 Å². The molecule has 0 aliphatic rings. The molecule has 0 heterocycles. The van der Waals surface area contributed by atoms with Crippen molar-refractivity contribution in [2.45, 2.75) is 58.3 Å². The van der Waals surface area contributed by atoms with Gasteiger partial charge in [-0.05, 0) is 78.7 Å². The number of hydrogen-bond donors (Lipinski definition) is 0. The van der Waals surface area contributed by atoms with E-state index in [-0.39, 0.29) is 5.78 Å². The van der Waals surface area contributed by atoms with Gasteiger partial charge in [0.15, 0.2) is 5.78 Å². The summed E-state index contributed by atoms with van der Waals surface area (Å²) in [5.41, 5.74) is 1.86. The Morgan fingerprint density at radius 3 is 1.84 bits per heavy atom. The van der Waals surface area contributed by atoms with Crippen LogP contribution in [0.25, 0.3) is 6.08 Å². The Kier molecular flexibility index (Phi) is 12.1. The zero-order valence-electron chi connectivity index (χ0n) is 22.5. The van der Waals surface area contributed by atoms with E-state index in [0.29, 0.717) is 29.2 Å². The van der Waals surface area contributed by atoms with Crippen molar-refractivity contribution in [3.05, 3.63) is 95.6 Å². The van der Waals surface area contributed by atoms with Crippen molar-refractivity contribution in [1.82, 2.24) is 0 Å². The van der Waals surface area contributed by atoms with Crippen LogP contribution in [0.2, 0.25) is 0 Å². The first-order chi connectivity index (χ1) is 18.6. The first-order valence-corrected chi connectivity index (χ1v) is 13.5. The highest BCUT2D eigenvalue weighted by molar-refractivity contribution is 6.06. The number of carbonyl (C=O) groups excluding carboxylic acids is 2. The minimum atomic E-state index is -0.433. The van der Waals surface area contributed by atoms with E-state index in [1.54, 1.807) is 86.0 Å². The van der Waals surface area contributed by atoms with Gasteiger partial charge in [-0.1, -0.05) is 70.1 Å². The summed E-state index contributed by atoms with van der Waals surface area (Å²) in [5, 5.41) is 0. The minimum absolute atomic E-state index is 0.103. The fourth-order valence-corrected chi connectivity index (χ4v) is 3.95. The monoisotopic (exact) mass is 514 g/mol. The number of rotatable bonds is 16. The van der Waals surface area contributed by atoms with E-state index < -0.39 is 5.97 Å². The minimum Gasteiger partial charge on any atom is -0.497 e. The van der Waals surface area contributed by atoms with Gasteiger partial charge in [-0.25, -0.2) is 4.79 Å². The molecular weight excluding hydrogens is 476 g/mol. The highest BCUT2D eigenvalue weighted by atomic mass is 16.5. The number of ketones is 1. The summed E-state index contributed by atoms with van der Waals surface area (Å²) in [5.74, 6) is 1.36. The molecule has 0 N–H and O–H groups in total. The Hall–Kier alpha value is -3.86. The van der Waals surface area contributed by atoms with Gasteiger partial charge in [0.2, 0.25) is 0 Å². The predicted molar refractivity (Wildman–Crippen MR) is 152 cm³/mol. The topological polar surface area (TPSA) is 61.8 Å². The van der Waals surface area contributed by atoms with Crippen LogP contribution in [0.3, 0.4) is 0 Å². The second-order valence-electron chi connectivity index (χ2n) is 9.23. The van der Waals surface area contributed by atoms with E-state index in [1.807, 2.05) is 0 Å². The fourth-order valence-electron chi connectivity index (χ4n) is 3.95. The van der Waals surface area contributed by atoms with E-state index in [9.17, 15) is 9.59 Å². The van der Waals surface area contributed by atoms with Gasteiger partial charge in [0.05, 0.1) is 19.3 Å². The molecule has 0 amide bonds. The number of unbranched alkanes of at least 4 members (excludes halogenated alkanes) is 7. The number of esters is 1. The van der Waals surface area contributed by atoms with E-state index >= 15 is 0 Å². The maximum absolute atomic E-state index is 12.5. The Morgan fingerprint density at radius 1 is 0.658 bits per heavy atom. The van der Waals surface area contributed by atoms with Gasteiger partial charge < -0.3 is 14.2 Å². The van der Waals surface area contributed by atoms with Crippen LogP contribution in [0.5, 0.6) is 17.2 Å². The van der Waals surface area contributed by atoms with Crippen LogP contribution in [0.15, 0.2) is 78.9 Å². The highest BCUT2D eigenvalue weighted by Crippen LogP contribution is 2.18. The average molecular weight is 515 g/mol. The number of allylic oxidation sites excluding steroid dienone is 1. The molecule has 3 aromatic carbocycles. The molecule has 200 valence electrons. The summed E-state index contributed by atoms with van der Waals surface area (Å²) in [6.45, 7) is 2.92. The summed E-state index contributed by atoms with van der Waals surface area (Å²) >= 11 is 0. The third-order valence-electron chi connectivity index (χ3n) is 6.25. The lowest BCUT2D eigenvalue weighted by Gasteiger charge is -2.08. The van der Waals surface area contributed by atoms with Crippen molar-refractivity contribution in [2.75, 3.05) is 13.7 Å². The van der Waals surface area contributed by atoms with Gasteiger partial charge in [0.1, 0.15) is 17.2 Å².